The number of hydrogen-bond acceptors (Lipinski definition) is 5. The van der Waals surface area contributed by atoms with Crippen molar-refractivity contribution in [3.05, 3.63) is 63.3 Å². The Labute approximate surface area is 154 Å². The number of aliphatic imine (C=N–C) groups is 1. The summed E-state index contributed by atoms with van der Waals surface area (Å²) in [6.07, 6.45) is 1.56. The first-order valence-electron chi connectivity index (χ1n) is 7.22. The van der Waals surface area contributed by atoms with E-state index in [0.717, 1.165) is 0 Å². The van der Waals surface area contributed by atoms with E-state index in [1.54, 1.807) is 42.5 Å². The lowest BCUT2D eigenvalue weighted by atomic mass is 10.1. The molecule has 1 heterocycles. The van der Waals surface area contributed by atoms with Crippen molar-refractivity contribution in [2.75, 3.05) is 14.2 Å². The molecule has 5 nitrogen and oxygen atoms in total. The first-order chi connectivity index (χ1) is 12.0. The lowest BCUT2D eigenvalue weighted by Crippen LogP contribution is -2.06. The maximum absolute atomic E-state index is 12.2. The summed E-state index contributed by atoms with van der Waals surface area (Å²) in [4.78, 5) is 16.4. The highest BCUT2D eigenvalue weighted by Crippen LogP contribution is 2.33. The number of rotatable bonds is 4. The van der Waals surface area contributed by atoms with Crippen molar-refractivity contribution in [3.8, 4) is 11.5 Å². The van der Waals surface area contributed by atoms with Gasteiger partial charge < -0.3 is 14.2 Å². The average molecular weight is 378 g/mol. The zero-order valence-corrected chi connectivity index (χ0v) is 14.9. The maximum atomic E-state index is 12.2. The van der Waals surface area contributed by atoms with Gasteiger partial charge in [-0.2, -0.15) is 0 Å². The van der Waals surface area contributed by atoms with Gasteiger partial charge in [0, 0.05) is 10.6 Å². The van der Waals surface area contributed by atoms with Crippen LogP contribution in [-0.4, -0.2) is 26.1 Å². The molecular weight excluding hydrogens is 365 g/mol. The molecule has 1 aliphatic rings. The van der Waals surface area contributed by atoms with Crippen LogP contribution in [-0.2, 0) is 9.53 Å². The van der Waals surface area contributed by atoms with Gasteiger partial charge in [0.1, 0.15) is 0 Å². The van der Waals surface area contributed by atoms with Crippen LogP contribution in [0, 0.1) is 0 Å². The standard InChI is InChI=1S/C18H13Cl2NO4/c1-23-15-5-3-4-10(16(15)24-2)8-14-18(22)25-17(21-14)12-9-11(19)6-7-13(12)20/h3-9H,1-2H3. The van der Waals surface area contributed by atoms with Gasteiger partial charge in [-0.15, -0.1) is 0 Å². The summed E-state index contributed by atoms with van der Waals surface area (Å²) in [5.74, 6) is 0.557. The Hall–Kier alpha value is -2.50. The van der Waals surface area contributed by atoms with Gasteiger partial charge in [-0.05, 0) is 30.3 Å². The van der Waals surface area contributed by atoms with Gasteiger partial charge in [0.25, 0.3) is 0 Å². The smallest absolute Gasteiger partial charge is 0.363 e. The summed E-state index contributed by atoms with van der Waals surface area (Å²) in [5.41, 5.74) is 1.21. The van der Waals surface area contributed by atoms with Gasteiger partial charge in [0.15, 0.2) is 17.2 Å². The van der Waals surface area contributed by atoms with Gasteiger partial charge in [-0.25, -0.2) is 9.79 Å². The first kappa shape index (κ1) is 17.3. The van der Waals surface area contributed by atoms with Crippen LogP contribution >= 0.6 is 23.2 Å². The maximum Gasteiger partial charge on any atom is 0.363 e. The number of esters is 1. The summed E-state index contributed by atoms with van der Waals surface area (Å²) < 4.78 is 15.8. The van der Waals surface area contributed by atoms with E-state index in [-0.39, 0.29) is 11.6 Å². The number of hydrogen-bond donors (Lipinski definition) is 0. The molecule has 0 bridgehead atoms. The van der Waals surface area contributed by atoms with Crippen LogP contribution in [0.2, 0.25) is 10.0 Å². The summed E-state index contributed by atoms with van der Waals surface area (Å²) in [7, 11) is 3.06. The fourth-order valence-corrected chi connectivity index (χ4v) is 2.73. The van der Waals surface area contributed by atoms with Crippen LogP contribution in [0.15, 0.2) is 47.1 Å². The van der Waals surface area contributed by atoms with Crippen LogP contribution in [0.4, 0.5) is 0 Å². The fourth-order valence-electron chi connectivity index (χ4n) is 2.36. The summed E-state index contributed by atoms with van der Waals surface area (Å²) in [6, 6.07) is 10.2. The molecule has 128 valence electrons. The van der Waals surface area contributed by atoms with E-state index in [1.165, 1.54) is 14.2 Å². The monoisotopic (exact) mass is 377 g/mol. The number of benzene rings is 2. The van der Waals surface area contributed by atoms with E-state index >= 15 is 0 Å². The van der Waals surface area contributed by atoms with Gasteiger partial charge in [0.05, 0.1) is 24.8 Å². The second-order valence-electron chi connectivity index (χ2n) is 5.04. The number of methoxy groups -OCH3 is 2. The highest BCUT2D eigenvalue weighted by Gasteiger charge is 2.26. The molecular formula is C18H13Cl2NO4. The lowest BCUT2D eigenvalue weighted by Gasteiger charge is -2.09. The van der Waals surface area contributed by atoms with Crippen LogP contribution in [0.25, 0.3) is 6.08 Å². The van der Waals surface area contributed by atoms with Crippen molar-refractivity contribution in [1.82, 2.24) is 0 Å². The molecule has 3 rings (SSSR count). The van der Waals surface area contributed by atoms with Gasteiger partial charge in [-0.1, -0.05) is 35.3 Å². The molecule has 0 spiro atoms. The Bertz CT molecular complexity index is 906. The number of ether oxygens (including phenoxy) is 3. The van der Waals surface area contributed by atoms with Crippen molar-refractivity contribution in [2.45, 2.75) is 0 Å². The average Bonchev–Trinajstić information content (AvgIpc) is 2.97. The van der Waals surface area contributed by atoms with Crippen LogP contribution in [0.3, 0.4) is 0 Å². The van der Waals surface area contributed by atoms with E-state index in [2.05, 4.69) is 4.99 Å². The molecule has 25 heavy (non-hydrogen) atoms. The minimum Gasteiger partial charge on any atom is -0.493 e. The molecule has 0 aliphatic carbocycles. The van der Waals surface area contributed by atoms with E-state index in [4.69, 9.17) is 37.4 Å². The molecule has 0 fully saturated rings. The number of para-hydroxylation sites is 1. The zero-order valence-electron chi connectivity index (χ0n) is 13.4. The second-order valence-corrected chi connectivity index (χ2v) is 5.89. The third-order valence-corrected chi connectivity index (χ3v) is 4.07. The first-order valence-corrected chi connectivity index (χ1v) is 7.98. The van der Waals surface area contributed by atoms with E-state index in [1.807, 2.05) is 0 Å². The minimum absolute atomic E-state index is 0.102. The zero-order chi connectivity index (χ0) is 18.0. The highest BCUT2D eigenvalue weighted by molar-refractivity contribution is 6.36. The third kappa shape index (κ3) is 3.48. The van der Waals surface area contributed by atoms with Crippen LogP contribution in [0.1, 0.15) is 11.1 Å². The third-order valence-electron chi connectivity index (χ3n) is 3.50. The molecule has 1 aliphatic heterocycles. The molecule has 2 aromatic carbocycles. The van der Waals surface area contributed by atoms with Crippen molar-refractivity contribution in [1.29, 1.82) is 0 Å². The topological polar surface area (TPSA) is 57.1 Å². The predicted molar refractivity (Wildman–Crippen MR) is 96.6 cm³/mol. The number of carbonyl (C=O) groups excluding carboxylic acids is 1. The summed E-state index contributed by atoms with van der Waals surface area (Å²) >= 11 is 12.1. The predicted octanol–water partition coefficient (Wildman–Crippen LogP) is 4.36. The van der Waals surface area contributed by atoms with Gasteiger partial charge in [0.2, 0.25) is 5.90 Å². The molecule has 0 unspecified atom stereocenters. The molecule has 7 heteroatoms. The molecule has 2 aromatic rings. The van der Waals surface area contributed by atoms with Gasteiger partial charge in [-0.3, -0.25) is 0 Å². The lowest BCUT2D eigenvalue weighted by molar-refractivity contribution is -0.129. The van der Waals surface area contributed by atoms with Crippen molar-refractivity contribution in [2.24, 2.45) is 4.99 Å². The number of nitrogens with zero attached hydrogens (tertiary/aromatic N) is 1. The molecule has 0 amide bonds. The fraction of sp³-hybridized carbons (Fsp3) is 0.111. The molecule has 0 atom stereocenters. The SMILES string of the molecule is COc1cccc(C=C2N=C(c3cc(Cl)ccc3Cl)OC2=O)c1OC. The quantitative estimate of drug-likeness (QED) is 0.586. The number of halogens is 2. The van der Waals surface area contributed by atoms with Crippen LogP contribution in [0.5, 0.6) is 11.5 Å². The summed E-state index contributed by atoms with van der Waals surface area (Å²) in [5, 5.41) is 0.848. The minimum atomic E-state index is -0.587. The molecule has 0 saturated carbocycles. The second kappa shape index (κ2) is 7.17. The van der Waals surface area contributed by atoms with Crippen molar-refractivity contribution < 1.29 is 19.0 Å². The number of cyclic esters (lactones) is 1. The Kier molecular flexibility index (Phi) is 4.97. The Morgan fingerprint density at radius 1 is 1.12 bits per heavy atom. The van der Waals surface area contributed by atoms with E-state index < -0.39 is 5.97 Å². The highest BCUT2D eigenvalue weighted by atomic mass is 35.5. The molecule has 0 radical (unpaired) electrons. The Balaban J connectivity index is 2.04. The Morgan fingerprint density at radius 3 is 2.64 bits per heavy atom. The molecule has 0 aromatic heterocycles. The van der Waals surface area contributed by atoms with Crippen molar-refractivity contribution in [3.63, 3.8) is 0 Å². The summed E-state index contributed by atoms with van der Waals surface area (Å²) in [6.45, 7) is 0. The normalized spacial score (nSPS) is 15.1. The molecule has 0 N–H and O–H groups in total. The number of carbonyl (C=O) groups is 1. The Morgan fingerprint density at radius 2 is 1.92 bits per heavy atom. The molecule has 0 saturated heterocycles. The largest absolute Gasteiger partial charge is 0.493 e. The van der Waals surface area contributed by atoms with E-state index in [9.17, 15) is 4.79 Å². The van der Waals surface area contributed by atoms with Crippen molar-refractivity contribution >= 4 is 41.1 Å². The van der Waals surface area contributed by atoms with Crippen LogP contribution < -0.4 is 9.47 Å². The van der Waals surface area contributed by atoms with Gasteiger partial charge >= 0.3 is 5.97 Å². The van der Waals surface area contributed by atoms with E-state index in [0.29, 0.717) is 32.7 Å².